The first-order chi connectivity index (χ1) is 12.5. The molecule has 7 nitrogen and oxygen atoms in total. The SMILES string of the molecule is CN(CC1CCN(C(=O)O)CC1)c1cc(Oc2ccccc2Cl)ncn1. The number of benzene rings is 1. The zero-order valence-electron chi connectivity index (χ0n) is 14.5. The van der Waals surface area contributed by atoms with Gasteiger partial charge in [0.15, 0.2) is 0 Å². The summed E-state index contributed by atoms with van der Waals surface area (Å²) in [6.07, 6.45) is 2.33. The molecule has 0 bridgehead atoms. The summed E-state index contributed by atoms with van der Waals surface area (Å²) in [6.45, 7) is 1.97. The summed E-state index contributed by atoms with van der Waals surface area (Å²) in [4.78, 5) is 23.0. The molecule has 1 amide bonds. The van der Waals surface area contributed by atoms with Gasteiger partial charge in [0.25, 0.3) is 0 Å². The smallest absolute Gasteiger partial charge is 0.407 e. The largest absolute Gasteiger partial charge is 0.465 e. The van der Waals surface area contributed by atoms with Crippen molar-refractivity contribution in [1.29, 1.82) is 0 Å². The molecule has 1 aromatic heterocycles. The van der Waals surface area contributed by atoms with Crippen LogP contribution in [0, 0.1) is 5.92 Å². The first kappa shape index (κ1) is 18.3. The molecule has 26 heavy (non-hydrogen) atoms. The third-order valence-corrected chi connectivity index (χ3v) is 4.80. The first-order valence-corrected chi connectivity index (χ1v) is 8.84. The van der Waals surface area contributed by atoms with Crippen LogP contribution in [0.3, 0.4) is 0 Å². The van der Waals surface area contributed by atoms with E-state index in [9.17, 15) is 4.79 Å². The van der Waals surface area contributed by atoms with Crippen LogP contribution in [-0.4, -0.2) is 52.7 Å². The van der Waals surface area contributed by atoms with Crippen molar-refractivity contribution in [2.75, 3.05) is 31.6 Å². The van der Waals surface area contributed by atoms with Gasteiger partial charge < -0.3 is 19.6 Å². The summed E-state index contributed by atoms with van der Waals surface area (Å²) < 4.78 is 5.75. The molecular formula is C18H21ClN4O3. The topological polar surface area (TPSA) is 78.8 Å². The number of carboxylic acid groups (broad SMARTS) is 1. The molecule has 1 aliphatic heterocycles. The van der Waals surface area contributed by atoms with Gasteiger partial charge in [-0.1, -0.05) is 23.7 Å². The molecule has 1 aliphatic rings. The summed E-state index contributed by atoms with van der Waals surface area (Å²) in [5.74, 6) is 2.15. The number of nitrogens with zero attached hydrogens (tertiary/aromatic N) is 4. The Morgan fingerprint density at radius 3 is 2.77 bits per heavy atom. The molecule has 0 aliphatic carbocycles. The van der Waals surface area contributed by atoms with Crippen LogP contribution in [0.25, 0.3) is 0 Å². The highest BCUT2D eigenvalue weighted by molar-refractivity contribution is 6.32. The number of halogens is 1. The molecule has 8 heteroatoms. The van der Waals surface area contributed by atoms with Crippen molar-refractivity contribution in [2.45, 2.75) is 12.8 Å². The van der Waals surface area contributed by atoms with E-state index in [4.69, 9.17) is 21.4 Å². The van der Waals surface area contributed by atoms with Gasteiger partial charge in [-0.25, -0.2) is 14.8 Å². The Kier molecular flexibility index (Phi) is 5.78. The summed E-state index contributed by atoms with van der Waals surface area (Å²) in [5, 5.41) is 9.55. The quantitative estimate of drug-likeness (QED) is 0.856. The third kappa shape index (κ3) is 4.54. The van der Waals surface area contributed by atoms with E-state index in [-0.39, 0.29) is 0 Å². The second-order valence-corrected chi connectivity index (χ2v) is 6.75. The van der Waals surface area contributed by atoms with Crippen LogP contribution >= 0.6 is 11.6 Å². The highest BCUT2D eigenvalue weighted by Crippen LogP contribution is 2.29. The van der Waals surface area contributed by atoms with Crippen molar-refractivity contribution in [2.24, 2.45) is 5.92 Å². The molecule has 3 rings (SSSR count). The minimum Gasteiger partial charge on any atom is -0.465 e. The summed E-state index contributed by atoms with van der Waals surface area (Å²) in [7, 11) is 1.96. The molecule has 1 aromatic carbocycles. The zero-order valence-corrected chi connectivity index (χ0v) is 15.3. The van der Waals surface area contributed by atoms with E-state index < -0.39 is 6.09 Å². The molecule has 1 N–H and O–H groups in total. The predicted octanol–water partition coefficient (Wildman–Crippen LogP) is 3.75. The summed E-state index contributed by atoms with van der Waals surface area (Å²) in [5.41, 5.74) is 0. The maximum Gasteiger partial charge on any atom is 0.407 e. The Morgan fingerprint density at radius 2 is 2.08 bits per heavy atom. The number of hydrogen-bond acceptors (Lipinski definition) is 5. The first-order valence-electron chi connectivity index (χ1n) is 8.46. The van der Waals surface area contributed by atoms with Gasteiger partial charge in [-0.3, -0.25) is 0 Å². The minimum absolute atomic E-state index is 0.427. The fourth-order valence-corrected chi connectivity index (χ4v) is 3.20. The van der Waals surface area contributed by atoms with Crippen molar-refractivity contribution in [3.8, 4) is 11.6 Å². The lowest BCUT2D eigenvalue weighted by Gasteiger charge is -2.32. The van der Waals surface area contributed by atoms with Crippen LogP contribution in [0.4, 0.5) is 10.6 Å². The molecular weight excluding hydrogens is 356 g/mol. The lowest BCUT2D eigenvalue weighted by molar-refractivity contribution is 0.125. The maximum atomic E-state index is 11.0. The van der Waals surface area contributed by atoms with Gasteiger partial charge in [-0.2, -0.15) is 0 Å². The number of aromatic nitrogens is 2. The second-order valence-electron chi connectivity index (χ2n) is 6.34. The Morgan fingerprint density at radius 1 is 1.35 bits per heavy atom. The van der Waals surface area contributed by atoms with Gasteiger partial charge in [0.05, 0.1) is 5.02 Å². The fourth-order valence-electron chi connectivity index (χ4n) is 3.02. The number of ether oxygens (including phenoxy) is 1. The highest BCUT2D eigenvalue weighted by atomic mass is 35.5. The van der Waals surface area contributed by atoms with Crippen LogP contribution in [0.1, 0.15) is 12.8 Å². The van der Waals surface area contributed by atoms with E-state index >= 15 is 0 Å². The van der Waals surface area contributed by atoms with Crippen molar-refractivity contribution in [1.82, 2.24) is 14.9 Å². The fraction of sp³-hybridized carbons (Fsp3) is 0.389. The number of likely N-dealkylation sites (tertiary alicyclic amines) is 1. The molecule has 2 heterocycles. The van der Waals surface area contributed by atoms with Crippen LogP contribution in [0.2, 0.25) is 5.02 Å². The normalized spacial score (nSPS) is 14.9. The number of carbonyl (C=O) groups is 1. The lowest BCUT2D eigenvalue weighted by Crippen LogP contribution is -2.40. The second kappa shape index (κ2) is 8.23. The van der Waals surface area contributed by atoms with Crippen LogP contribution in [0.5, 0.6) is 11.6 Å². The molecule has 0 atom stereocenters. The molecule has 1 saturated heterocycles. The highest BCUT2D eigenvalue weighted by Gasteiger charge is 2.23. The monoisotopic (exact) mass is 376 g/mol. The molecule has 0 saturated carbocycles. The van der Waals surface area contributed by atoms with Gasteiger partial charge in [0.1, 0.15) is 17.9 Å². The summed E-state index contributed by atoms with van der Waals surface area (Å²) >= 11 is 6.11. The van der Waals surface area contributed by atoms with Crippen LogP contribution in [0.15, 0.2) is 36.7 Å². The van der Waals surface area contributed by atoms with Gasteiger partial charge in [0.2, 0.25) is 5.88 Å². The molecule has 2 aromatic rings. The molecule has 0 spiro atoms. The van der Waals surface area contributed by atoms with E-state index in [1.165, 1.54) is 11.2 Å². The molecule has 138 valence electrons. The summed E-state index contributed by atoms with van der Waals surface area (Å²) in [6, 6.07) is 9.00. The Hall–Kier alpha value is -2.54. The lowest BCUT2D eigenvalue weighted by atomic mass is 9.96. The van der Waals surface area contributed by atoms with Gasteiger partial charge in [0, 0.05) is 32.7 Å². The van der Waals surface area contributed by atoms with Gasteiger partial charge in [-0.15, -0.1) is 0 Å². The molecule has 0 radical (unpaired) electrons. The van der Waals surface area contributed by atoms with E-state index in [1.807, 2.05) is 24.1 Å². The molecule has 1 fully saturated rings. The van der Waals surface area contributed by atoms with Crippen molar-refractivity contribution in [3.05, 3.63) is 41.7 Å². The molecule has 0 unspecified atom stereocenters. The standard InChI is InChI=1S/C18H21ClN4O3/c1-22(11-13-6-8-23(9-7-13)18(24)25)16-10-17(21-12-20-16)26-15-5-3-2-4-14(15)19/h2-5,10,12-13H,6-9,11H2,1H3,(H,24,25). The van der Waals surface area contributed by atoms with E-state index in [0.29, 0.717) is 35.7 Å². The van der Waals surface area contributed by atoms with E-state index in [1.54, 1.807) is 18.2 Å². The number of rotatable bonds is 5. The van der Waals surface area contributed by atoms with Crippen LogP contribution in [-0.2, 0) is 0 Å². The van der Waals surface area contributed by atoms with E-state index in [0.717, 1.165) is 25.2 Å². The number of amides is 1. The minimum atomic E-state index is -0.839. The van der Waals surface area contributed by atoms with Crippen molar-refractivity contribution >= 4 is 23.5 Å². The number of piperidine rings is 1. The Balaban J connectivity index is 1.61. The average molecular weight is 377 g/mol. The Labute approximate surface area is 157 Å². The maximum absolute atomic E-state index is 11.0. The van der Waals surface area contributed by atoms with E-state index in [2.05, 4.69) is 9.97 Å². The predicted molar refractivity (Wildman–Crippen MR) is 99.1 cm³/mol. The van der Waals surface area contributed by atoms with Crippen LogP contribution < -0.4 is 9.64 Å². The zero-order chi connectivity index (χ0) is 18.5. The third-order valence-electron chi connectivity index (χ3n) is 4.49. The average Bonchev–Trinajstić information content (AvgIpc) is 2.64. The Bertz CT molecular complexity index is 766. The number of para-hydroxylation sites is 1. The van der Waals surface area contributed by atoms with Gasteiger partial charge in [-0.05, 0) is 30.9 Å². The van der Waals surface area contributed by atoms with Gasteiger partial charge >= 0.3 is 6.09 Å². The number of anilines is 1. The number of hydrogen-bond donors (Lipinski definition) is 1. The van der Waals surface area contributed by atoms with Crippen molar-refractivity contribution in [3.63, 3.8) is 0 Å². The van der Waals surface area contributed by atoms with Crippen molar-refractivity contribution < 1.29 is 14.6 Å².